The first-order chi connectivity index (χ1) is 11.9. The lowest BCUT2D eigenvalue weighted by molar-refractivity contribution is -0.139. The number of amides is 2. The largest absolute Gasteiger partial charge is 0.344 e. The maximum Gasteiger partial charge on any atom is 0.329 e. The topological polar surface area (TPSA) is 70.6 Å². The molecule has 0 heterocycles. The molecule has 25 heavy (non-hydrogen) atoms. The molecule has 0 fully saturated rings. The molecule has 0 aliphatic rings. The van der Waals surface area contributed by atoms with Crippen molar-refractivity contribution in [1.29, 1.82) is 0 Å². The standard InChI is InChI=1S/C20H23N3O2/c1-20(2,3)17-11-9-16(10-12-17)14-22-23-19(25)18(24)21-13-15-7-5-4-6-8-15/h4-12,14H,13H2,1-3H3,(H,21,24)(H,23,25)/b22-14+. The van der Waals surface area contributed by atoms with Gasteiger partial charge in [-0.2, -0.15) is 5.10 Å². The molecule has 0 saturated carbocycles. The van der Waals surface area contributed by atoms with Crippen LogP contribution in [0, 0.1) is 0 Å². The summed E-state index contributed by atoms with van der Waals surface area (Å²) in [5.41, 5.74) is 5.30. The summed E-state index contributed by atoms with van der Waals surface area (Å²) in [6, 6.07) is 17.3. The van der Waals surface area contributed by atoms with E-state index in [9.17, 15) is 9.59 Å². The first kappa shape index (κ1) is 18.4. The Morgan fingerprint density at radius 3 is 2.20 bits per heavy atom. The molecule has 2 aromatic carbocycles. The van der Waals surface area contributed by atoms with Gasteiger partial charge in [-0.3, -0.25) is 9.59 Å². The van der Waals surface area contributed by atoms with Crippen LogP contribution in [0.5, 0.6) is 0 Å². The van der Waals surface area contributed by atoms with Crippen molar-refractivity contribution >= 4 is 18.0 Å². The van der Waals surface area contributed by atoms with Crippen molar-refractivity contribution in [3.8, 4) is 0 Å². The molecule has 0 saturated heterocycles. The van der Waals surface area contributed by atoms with Gasteiger partial charge < -0.3 is 5.32 Å². The lowest BCUT2D eigenvalue weighted by Gasteiger charge is -2.18. The van der Waals surface area contributed by atoms with Crippen LogP contribution in [0.2, 0.25) is 0 Å². The molecule has 2 aromatic rings. The van der Waals surface area contributed by atoms with Crippen LogP contribution in [0.15, 0.2) is 59.7 Å². The molecule has 0 bridgehead atoms. The fraction of sp³-hybridized carbons (Fsp3) is 0.250. The number of carbonyl (C=O) groups excluding carboxylic acids is 2. The first-order valence-electron chi connectivity index (χ1n) is 8.12. The third kappa shape index (κ3) is 5.88. The Morgan fingerprint density at radius 2 is 1.60 bits per heavy atom. The van der Waals surface area contributed by atoms with Gasteiger partial charge in [0.15, 0.2) is 0 Å². The fourth-order valence-electron chi connectivity index (χ4n) is 2.14. The van der Waals surface area contributed by atoms with E-state index in [1.807, 2.05) is 54.6 Å². The molecule has 0 atom stereocenters. The van der Waals surface area contributed by atoms with Gasteiger partial charge in [0.1, 0.15) is 0 Å². The van der Waals surface area contributed by atoms with Gasteiger partial charge in [-0.25, -0.2) is 5.43 Å². The van der Waals surface area contributed by atoms with Crippen LogP contribution in [0.4, 0.5) is 0 Å². The van der Waals surface area contributed by atoms with Crippen molar-refractivity contribution in [3.63, 3.8) is 0 Å². The Labute approximate surface area is 148 Å². The quantitative estimate of drug-likeness (QED) is 0.512. The number of hydrogen-bond acceptors (Lipinski definition) is 3. The summed E-state index contributed by atoms with van der Waals surface area (Å²) in [5, 5.41) is 6.37. The first-order valence-corrected chi connectivity index (χ1v) is 8.12. The van der Waals surface area contributed by atoms with Crippen LogP contribution in [-0.2, 0) is 21.5 Å². The van der Waals surface area contributed by atoms with Gasteiger partial charge in [0.05, 0.1) is 6.21 Å². The second kappa shape index (κ2) is 8.24. The van der Waals surface area contributed by atoms with Crippen LogP contribution < -0.4 is 10.7 Å². The van der Waals surface area contributed by atoms with Gasteiger partial charge in [-0.05, 0) is 22.1 Å². The molecule has 5 nitrogen and oxygen atoms in total. The van der Waals surface area contributed by atoms with Gasteiger partial charge in [-0.15, -0.1) is 0 Å². The van der Waals surface area contributed by atoms with E-state index in [4.69, 9.17) is 0 Å². The number of hydrazone groups is 1. The second-order valence-corrected chi connectivity index (χ2v) is 6.74. The average molecular weight is 337 g/mol. The van der Waals surface area contributed by atoms with E-state index in [0.29, 0.717) is 6.54 Å². The summed E-state index contributed by atoms with van der Waals surface area (Å²) in [6.07, 6.45) is 1.51. The van der Waals surface area contributed by atoms with E-state index >= 15 is 0 Å². The Bertz CT molecular complexity index is 745. The van der Waals surface area contributed by atoms with Gasteiger partial charge >= 0.3 is 11.8 Å². The van der Waals surface area contributed by atoms with Gasteiger partial charge in [0.25, 0.3) is 0 Å². The predicted molar refractivity (Wildman–Crippen MR) is 99.2 cm³/mol. The summed E-state index contributed by atoms with van der Waals surface area (Å²) >= 11 is 0. The van der Waals surface area contributed by atoms with Crippen molar-refractivity contribution < 1.29 is 9.59 Å². The molecule has 5 heteroatoms. The summed E-state index contributed by atoms with van der Waals surface area (Å²) < 4.78 is 0. The van der Waals surface area contributed by atoms with E-state index < -0.39 is 11.8 Å². The lowest BCUT2D eigenvalue weighted by atomic mass is 9.87. The van der Waals surface area contributed by atoms with Gasteiger partial charge in [0, 0.05) is 6.54 Å². The minimum Gasteiger partial charge on any atom is -0.344 e. The normalized spacial score (nSPS) is 11.3. The highest BCUT2D eigenvalue weighted by Crippen LogP contribution is 2.21. The highest BCUT2D eigenvalue weighted by atomic mass is 16.2. The molecular formula is C20H23N3O2. The average Bonchev–Trinajstić information content (AvgIpc) is 2.60. The monoisotopic (exact) mass is 337 g/mol. The van der Waals surface area contributed by atoms with E-state index in [1.165, 1.54) is 11.8 Å². The fourth-order valence-corrected chi connectivity index (χ4v) is 2.14. The third-order valence-electron chi connectivity index (χ3n) is 3.66. The van der Waals surface area contributed by atoms with E-state index in [1.54, 1.807) is 0 Å². The van der Waals surface area contributed by atoms with E-state index in [-0.39, 0.29) is 5.41 Å². The van der Waals surface area contributed by atoms with E-state index in [2.05, 4.69) is 36.6 Å². The number of hydrogen-bond donors (Lipinski definition) is 2. The zero-order chi connectivity index (χ0) is 18.3. The van der Waals surface area contributed by atoms with Crippen LogP contribution in [0.3, 0.4) is 0 Å². The molecule has 2 rings (SSSR count). The number of nitrogens with zero attached hydrogens (tertiary/aromatic N) is 1. The Morgan fingerprint density at radius 1 is 0.960 bits per heavy atom. The second-order valence-electron chi connectivity index (χ2n) is 6.74. The van der Waals surface area contributed by atoms with Crippen LogP contribution in [0.25, 0.3) is 0 Å². The third-order valence-corrected chi connectivity index (χ3v) is 3.66. The molecular weight excluding hydrogens is 314 g/mol. The summed E-state index contributed by atoms with van der Waals surface area (Å²) in [4.78, 5) is 23.4. The molecule has 0 aromatic heterocycles. The maximum absolute atomic E-state index is 11.7. The number of benzene rings is 2. The zero-order valence-electron chi connectivity index (χ0n) is 14.7. The molecule has 0 radical (unpaired) electrons. The minimum absolute atomic E-state index is 0.0841. The van der Waals surface area contributed by atoms with E-state index in [0.717, 1.165) is 11.1 Å². The smallest absolute Gasteiger partial charge is 0.329 e. The Hall–Kier alpha value is -2.95. The molecule has 2 amide bonds. The van der Waals surface area contributed by atoms with Crippen LogP contribution in [-0.4, -0.2) is 18.0 Å². The highest BCUT2D eigenvalue weighted by Gasteiger charge is 2.13. The minimum atomic E-state index is -0.793. The SMILES string of the molecule is CC(C)(C)c1ccc(/C=N/NC(=O)C(=O)NCc2ccccc2)cc1. The maximum atomic E-state index is 11.7. The van der Waals surface area contributed by atoms with Gasteiger partial charge in [0.2, 0.25) is 0 Å². The molecule has 0 unspecified atom stereocenters. The lowest BCUT2D eigenvalue weighted by Crippen LogP contribution is -2.37. The molecule has 0 aliphatic heterocycles. The predicted octanol–water partition coefficient (Wildman–Crippen LogP) is 2.75. The van der Waals surface area contributed by atoms with Gasteiger partial charge in [-0.1, -0.05) is 75.4 Å². The van der Waals surface area contributed by atoms with Crippen molar-refractivity contribution in [3.05, 3.63) is 71.3 Å². The summed E-state index contributed by atoms with van der Waals surface area (Å²) in [6.45, 7) is 6.73. The van der Waals surface area contributed by atoms with Crippen LogP contribution in [0.1, 0.15) is 37.5 Å². The molecule has 130 valence electrons. The molecule has 0 aliphatic carbocycles. The van der Waals surface area contributed by atoms with Crippen molar-refractivity contribution in [2.45, 2.75) is 32.7 Å². The van der Waals surface area contributed by atoms with Crippen molar-refractivity contribution in [2.75, 3.05) is 0 Å². The number of rotatable bonds is 4. The number of nitrogens with one attached hydrogen (secondary N) is 2. The Balaban J connectivity index is 1.82. The van der Waals surface area contributed by atoms with Crippen LogP contribution >= 0.6 is 0 Å². The molecule has 0 spiro atoms. The zero-order valence-corrected chi connectivity index (χ0v) is 14.7. The van der Waals surface area contributed by atoms with Crippen molar-refractivity contribution in [2.24, 2.45) is 5.10 Å². The number of carbonyl (C=O) groups is 2. The Kier molecular flexibility index (Phi) is 6.06. The molecule has 2 N–H and O–H groups in total. The highest BCUT2D eigenvalue weighted by molar-refractivity contribution is 6.35. The summed E-state index contributed by atoms with van der Waals surface area (Å²) in [7, 11) is 0. The summed E-state index contributed by atoms with van der Waals surface area (Å²) in [5.74, 6) is -1.51. The van der Waals surface area contributed by atoms with Crippen molar-refractivity contribution in [1.82, 2.24) is 10.7 Å².